The summed E-state index contributed by atoms with van der Waals surface area (Å²) in [5.74, 6) is 0.153. The van der Waals surface area contributed by atoms with Crippen molar-refractivity contribution >= 4 is 11.6 Å². The molecule has 1 saturated heterocycles. The Balaban J connectivity index is 1.78. The van der Waals surface area contributed by atoms with Gasteiger partial charge < -0.3 is 10.1 Å². The van der Waals surface area contributed by atoms with Gasteiger partial charge in [0.05, 0.1) is 36.2 Å². The molecule has 2 N–H and O–H groups in total. The SMILES string of the molecule is COc1ccc(C#N)cc1NC(=O)c1cc(C2CCCN2C)[nH]n1. The number of carbonyl (C=O) groups is 1. The zero-order chi connectivity index (χ0) is 17.1. The van der Waals surface area contributed by atoms with E-state index in [1.165, 1.54) is 7.11 Å². The number of carbonyl (C=O) groups excluding carboxylic acids is 1. The Morgan fingerprint density at radius 1 is 1.50 bits per heavy atom. The van der Waals surface area contributed by atoms with Crippen molar-refractivity contribution in [2.45, 2.75) is 18.9 Å². The van der Waals surface area contributed by atoms with E-state index in [2.05, 4.69) is 27.5 Å². The van der Waals surface area contributed by atoms with Crippen molar-refractivity contribution in [3.8, 4) is 11.8 Å². The molecule has 0 spiro atoms. The van der Waals surface area contributed by atoms with E-state index in [4.69, 9.17) is 10.00 Å². The van der Waals surface area contributed by atoms with Crippen molar-refractivity contribution in [2.75, 3.05) is 26.0 Å². The molecule has 0 saturated carbocycles. The molecule has 3 rings (SSSR count). The number of methoxy groups -OCH3 is 1. The Hall–Kier alpha value is -2.85. The number of nitrogens with zero attached hydrogens (tertiary/aromatic N) is 3. The fraction of sp³-hybridized carbons (Fsp3) is 0.353. The second kappa shape index (κ2) is 6.72. The number of ether oxygens (including phenoxy) is 1. The molecule has 24 heavy (non-hydrogen) atoms. The van der Waals surface area contributed by atoms with Crippen LogP contribution in [0.5, 0.6) is 5.75 Å². The van der Waals surface area contributed by atoms with Crippen LogP contribution in [0.2, 0.25) is 0 Å². The van der Waals surface area contributed by atoms with Crippen LogP contribution < -0.4 is 10.1 Å². The Labute approximate surface area is 140 Å². The lowest BCUT2D eigenvalue weighted by atomic mass is 10.1. The molecule has 2 heterocycles. The second-order valence-corrected chi connectivity index (χ2v) is 5.83. The van der Waals surface area contributed by atoms with Crippen LogP contribution in [0.1, 0.15) is 40.6 Å². The normalized spacial score (nSPS) is 17.5. The van der Waals surface area contributed by atoms with Crippen molar-refractivity contribution in [2.24, 2.45) is 0 Å². The summed E-state index contributed by atoms with van der Waals surface area (Å²) in [4.78, 5) is 14.7. The third kappa shape index (κ3) is 3.09. The van der Waals surface area contributed by atoms with E-state index in [1.807, 2.05) is 6.07 Å². The van der Waals surface area contributed by atoms with Gasteiger partial charge in [-0.25, -0.2) is 0 Å². The van der Waals surface area contributed by atoms with Gasteiger partial charge >= 0.3 is 0 Å². The first kappa shape index (κ1) is 16.0. The molecule has 7 nitrogen and oxygen atoms in total. The van der Waals surface area contributed by atoms with E-state index in [9.17, 15) is 4.79 Å². The molecule has 2 aromatic rings. The second-order valence-electron chi connectivity index (χ2n) is 5.83. The van der Waals surface area contributed by atoms with Gasteiger partial charge in [0, 0.05) is 0 Å². The number of hydrogen-bond donors (Lipinski definition) is 2. The van der Waals surface area contributed by atoms with Crippen LogP contribution in [0.15, 0.2) is 24.3 Å². The number of nitrogens with one attached hydrogen (secondary N) is 2. The molecule has 124 valence electrons. The molecule has 7 heteroatoms. The number of aromatic amines is 1. The van der Waals surface area contributed by atoms with Gasteiger partial charge in [0.2, 0.25) is 0 Å². The lowest BCUT2D eigenvalue weighted by Crippen LogP contribution is -2.17. The number of amides is 1. The van der Waals surface area contributed by atoms with Crippen LogP contribution in [0.25, 0.3) is 0 Å². The molecular formula is C17H19N5O2. The van der Waals surface area contributed by atoms with Gasteiger partial charge in [0.25, 0.3) is 5.91 Å². The monoisotopic (exact) mass is 325 g/mol. The number of hydrogen-bond acceptors (Lipinski definition) is 5. The van der Waals surface area contributed by atoms with Crippen molar-refractivity contribution in [1.29, 1.82) is 5.26 Å². The number of rotatable bonds is 4. The fourth-order valence-corrected chi connectivity index (χ4v) is 2.99. The lowest BCUT2D eigenvalue weighted by Gasteiger charge is -2.16. The average molecular weight is 325 g/mol. The number of nitriles is 1. The first-order valence-electron chi connectivity index (χ1n) is 7.77. The van der Waals surface area contributed by atoms with Crippen LogP contribution in [-0.4, -0.2) is 41.7 Å². The molecule has 0 aliphatic carbocycles. The van der Waals surface area contributed by atoms with Crippen molar-refractivity contribution in [1.82, 2.24) is 15.1 Å². The summed E-state index contributed by atoms with van der Waals surface area (Å²) in [5, 5.41) is 18.8. The average Bonchev–Trinajstić information content (AvgIpc) is 3.23. The molecule has 1 aliphatic rings. The Morgan fingerprint density at radius 3 is 3.00 bits per heavy atom. The smallest absolute Gasteiger partial charge is 0.276 e. The minimum atomic E-state index is -0.341. The van der Waals surface area contributed by atoms with E-state index >= 15 is 0 Å². The summed E-state index contributed by atoms with van der Waals surface area (Å²) in [6.45, 7) is 1.05. The topological polar surface area (TPSA) is 94.0 Å². The van der Waals surface area contributed by atoms with Gasteiger partial charge in [-0.1, -0.05) is 0 Å². The van der Waals surface area contributed by atoms with Crippen molar-refractivity contribution < 1.29 is 9.53 Å². The zero-order valence-corrected chi connectivity index (χ0v) is 13.7. The first-order chi connectivity index (χ1) is 11.6. The predicted molar refractivity (Wildman–Crippen MR) is 88.9 cm³/mol. The molecular weight excluding hydrogens is 306 g/mol. The number of aromatic nitrogens is 2. The Morgan fingerprint density at radius 2 is 2.33 bits per heavy atom. The quantitative estimate of drug-likeness (QED) is 0.899. The number of benzene rings is 1. The zero-order valence-electron chi connectivity index (χ0n) is 13.7. The van der Waals surface area contributed by atoms with E-state index < -0.39 is 0 Å². The summed E-state index contributed by atoms with van der Waals surface area (Å²) in [5.41, 5.74) is 2.15. The maximum absolute atomic E-state index is 12.4. The summed E-state index contributed by atoms with van der Waals surface area (Å²) >= 11 is 0. The largest absolute Gasteiger partial charge is 0.495 e. The molecule has 1 fully saturated rings. The third-order valence-corrected chi connectivity index (χ3v) is 4.29. The first-order valence-corrected chi connectivity index (χ1v) is 7.77. The molecule has 1 aromatic carbocycles. The van der Waals surface area contributed by atoms with Crippen LogP contribution in [0.4, 0.5) is 5.69 Å². The standard InChI is InChI=1S/C17H19N5O2/c1-22-7-3-4-15(22)12-9-14(21-20-12)17(23)19-13-8-11(10-18)5-6-16(13)24-2/h5-6,8-9,15H,3-4,7H2,1-2H3,(H,19,23)(H,20,21). The van der Waals surface area contributed by atoms with Gasteiger partial charge in [-0.05, 0) is 50.7 Å². The van der Waals surface area contributed by atoms with Gasteiger partial charge in [-0.15, -0.1) is 0 Å². The molecule has 0 bridgehead atoms. The molecule has 0 radical (unpaired) electrons. The highest BCUT2D eigenvalue weighted by Gasteiger charge is 2.25. The van der Waals surface area contributed by atoms with E-state index in [-0.39, 0.29) is 11.9 Å². The third-order valence-electron chi connectivity index (χ3n) is 4.29. The summed E-state index contributed by atoms with van der Waals surface area (Å²) < 4.78 is 5.22. The maximum atomic E-state index is 12.4. The number of anilines is 1. The highest BCUT2D eigenvalue weighted by Crippen LogP contribution is 2.30. The van der Waals surface area contributed by atoms with E-state index in [0.29, 0.717) is 22.7 Å². The van der Waals surface area contributed by atoms with Gasteiger partial charge in [-0.3, -0.25) is 14.8 Å². The van der Waals surface area contributed by atoms with Crippen molar-refractivity contribution in [3.05, 3.63) is 41.2 Å². The molecule has 1 aliphatic heterocycles. The van der Waals surface area contributed by atoms with E-state index in [0.717, 1.165) is 25.1 Å². The maximum Gasteiger partial charge on any atom is 0.276 e. The van der Waals surface area contributed by atoms with Crippen LogP contribution in [0, 0.1) is 11.3 Å². The molecule has 1 aromatic heterocycles. The van der Waals surface area contributed by atoms with Crippen molar-refractivity contribution in [3.63, 3.8) is 0 Å². The highest BCUT2D eigenvalue weighted by atomic mass is 16.5. The van der Waals surface area contributed by atoms with Gasteiger partial charge in [-0.2, -0.15) is 10.4 Å². The van der Waals surface area contributed by atoms with Gasteiger partial charge in [0.1, 0.15) is 5.75 Å². The summed E-state index contributed by atoms with van der Waals surface area (Å²) in [6.07, 6.45) is 2.19. The van der Waals surface area contributed by atoms with Gasteiger partial charge in [0.15, 0.2) is 5.69 Å². The van der Waals surface area contributed by atoms with Crippen LogP contribution >= 0.6 is 0 Å². The van der Waals surface area contributed by atoms with Crippen LogP contribution in [-0.2, 0) is 0 Å². The number of likely N-dealkylation sites (tertiary alicyclic amines) is 1. The molecule has 1 atom stereocenters. The highest BCUT2D eigenvalue weighted by molar-refractivity contribution is 6.03. The Bertz CT molecular complexity index is 793. The van der Waals surface area contributed by atoms with E-state index in [1.54, 1.807) is 24.3 Å². The molecule has 1 unspecified atom stereocenters. The molecule has 1 amide bonds. The minimum Gasteiger partial charge on any atom is -0.495 e. The summed E-state index contributed by atoms with van der Waals surface area (Å²) in [6, 6.07) is 8.96. The number of H-pyrrole nitrogens is 1. The lowest BCUT2D eigenvalue weighted by molar-refractivity contribution is 0.102. The minimum absolute atomic E-state index is 0.274. The predicted octanol–water partition coefficient (Wildman–Crippen LogP) is 2.31. The Kier molecular flexibility index (Phi) is 4.49. The fourth-order valence-electron chi connectivity index (χ4n) is 2.99. The summed E-state index contributed by atoms with van der Waals surface area (Å²) in [7, 11) is 3.58. The van der Waals surface area contributed by atoms with Crippen LogP contribution in [0.3, 0.4) is 0 Å².